The Morgan fingerprint density at radius 2 is 1.78 bits per heavy atom. The Morgan fingerprint density at radius 1 is 1.00 bits per heavy atom. The van der Waals surface area contributed by atoms with Crippen molar-refractivity contribution in [1.82, 2.24) is 20.5 Å². The minimum Gasteiger partial charge on any atom is -0.493 e. The van der Waals surface area contributed by atoms with Crippen LogP contribution in [0, 0.1) is 0 Å². The van der Waals surface area contributed by atoms with Crippen LogP contribution in [0.15, 0.2) is 59.5 Å². The van der Waals surface area contributed by atoms with E-state index in [1.54, 1.807) is 29.2 Å². The molecule has 3 aliphatic rings. The predicted molar refractivity (Wildman–Crippen MR) is 147 cm³/mol. The van der Waals surface area contributed by atoms with Crippen molar-refractivity contribution in [3.8, 4) is 23.0 Å². The van der Waals surface area contributed by atoms with Gasteiger partial charge in [-0.3, -0.25) is 19.2 Å². The number of amides is 3. The average molecular weight is 563 g/mol. The summed E-state index contributed by atoms with van der Waals surface area (Å²) in [6.45, 7) is 0.516. The minimum atomic E-state index is -0.588. The van der Waals surface area contributed by atoms with Crippen LogP contribution < -0.4 is 35.0 Å². The molecule has 12 nitrogen and oxygen atoms in total. The highest BCUT2D eigenvalue weighted by Gasteiger charge is 2.35. The second kappa shape index (κ2) is 12.0. The van der Waals surface area contributed by atoms with Gasteiger partial charge in [-0.1, -0.05) is 12.1 Å². The number of hydrogen-bond acceptors (Lipinski definition) is 8. The van der Waals surface area contributed by atoms with E-state index in [-0.39, 0.29) is 47.7 Å². The molecule has 3 amide bonds. The number of piperidine rings is 1. The molecule has 0 unspecified atom stereocenters. The van der Waals surface area contributed by atoms with Gasteiger partial charge in [0, 0.05) is 43.9 Å². The maximum Gasteiger partial charge on any atom is 0.270 e. The first-order valence-corrected chi connectivity index (χ1v) is 13.0. The van der Waals surface area contributed by atoms with Crippen molar-refractivity contribution in [1.29, 1.82) is 0 Å². The number of rotatable bonds is 3. The number of nitrogens with one attached hydrogen (secondary N) is 3. The summed E-state index contributed by atoms with van der Waals surface area (Å²) in [6.07, 6.45) is 1.32. The lowest BCUT2D eigenvalue weighted by Gasteiger charge is -2.38. The standard InChI is InChI=1S/C29H30N4O8/c1-38-24-8-5-18-11-25(24)40-16-27(35)31-13-17-3-6-19(7-4-17)41-23-9-10-33(15-21(23)32-28(18)36)29(37)20-12-22(34)26(39-2)14-30-20/h3-8,11-12,14,21,23H,9-10,13,15-16H2,1-2H3,(H,30,34)(H,31,35)(H,32,36)/t21-,23+/m0/s1. The van der Waals surface area contributed by atoms with E-state index in [4.69, 9.17) is 18.9 Å². The second-order valence-corrected chi connectivity index (χ2v) is 9.63. The van der Waals surface area contributed by atoms with E-state index < -0.39 is 23.5 Å². The number of pyridine rings is 1. The first-order chi connectivity index (χ1) is 19.8. The summed E-state index contributed by atoms with van der Waals surface area (Å²) in [5, 5.41) is 5.80. The first-order valence-electron chi connectivity index (χ1n) is 13.0. The zero-order valence-corrected chi connectivity index (χ0v) is 22.6. The van der Waals surface area contributed by atoms with Crippen molar-refractivity contribution in [2.75, 3.05) is 33.9 Å². The van der Waals surface area contributed by atoms with Crippen molar-refractivity contribution in [3.63, 3.8) is 0 Å². The van der Waals surface area contributed by atoms with Gasteiger partial charge in [0.15, 0.2) is 23.9 Å². The summed E-state index contributed by atoms with van der Waals surface area (Å²) < 4.78 is 22.3. The van der Waals surface area contributed by atoms with Crippen LogP contribution in [0.3, 0.4) is 0 Å². The van der Waals surface area contributed by atoms with Crippen LogP contribution in [0.25, 0.3) is 0 Å². The number of aromatic nitrogens is 1. The number of H-pyrrole nitrogens is 1. The maximum absolute atomic E-state index is 13.4. The molecule has 2 atom stereocenters. The summed E-state index contributed by atoms with van der Waals surface area (Å²) in [5.41, 5.74) is 0.838. The van der Waals surface area contributed by atoms with Gasteiger partial charge in [0.1, 0.15) is 17.5 Å². The van der Waals surface area contributed by atoms with Crippen LogP contribution in [-0.4, -0.2) is 73.7 Å². The summed E-state index contributed by atoms with van der Waals surface area (Å²) >= 11 is 0. The monoisotopic (exact) mass is 562 g/mol. The van der Waals surface area contributed by atoms with Crippen LogP contribution in [0.4, 0.5) is 0 Å². The number of benzene rings is 2. The van der Waals surface area contributed by atoms with Gasteiger partial charge >= 0.3 is 0 Å². The molecule has 12 heteroatoms. The molecular weight excluding hydrogens is 532 g/mol. The number of fused-ring (bicyclic) bond motifs is 7. The molecule has 3 aliphatic heterocycles. The van der Waals surface area contributed by atoms with Crippen molar-refractivity contribution in [3.05, 3.63) is 81.8 Å². The molecule has 4 heterocycles. The Bertz CT molecular complexity index is 1500. The topological polar surface area (TPSA) is 148 Å². The van der Waals surface area contributed by atoms with Gasteiger partial charge < -0.3 is 39.5 Å². The lowest BCUT2D eigenvalue weighted by molar-refractivity contribution is -0.123. The summed E-state index contributed by atoms with van der Waals surface area (Å²) in [6, 6.07) is 12.5. The van der Waals surface area contributed by atoms with Gasteiger partial charge in [0.25, 0.3) is 17.7 Å². The molecule has 0 spiro atoms. The van der Waals surface area contributed by atoms with Gasteiger partial charge in [-0.2, -0.15) is 0 Å². The second-order valence-electron chi connectivity index (χ2n) is 9.63. The van der Waals surface area contributed by atoms with E-state index in [0.717, 1.165) is 5.56 Å². The van der Waals surface area contributed by atoms with Crippen LogP contribution in [0.5, 0.6) is 23.0 Å². The van der Waals surface area contributed by atoms with Gasteiger partial charge in [-0.25, -0.2) is 0 Å². The van der Waals surface area contributed by atoms with Gasteiger partial charge in [-0.05, 0) is 35.9 Å². The molecule has 2 aromatic carbocycles. The number of aromatic amines is 1. The highest BCUT2D eigenvalue weighted by Crippen LogP contribution is 2.29. The third-order valence-electron chi connectivity index (χ3n) is 6.97. The highest BCUT2D eigenvalue weighted by atomic mass is 16.5. The molecule has 1 aromatic heterocycles. The summed E-state index contributed by atoms with van der Waals surface area (Å²) in [5.74, 6) is 0.147. The Hall–Kier alpha value is -5.00. The molecule has 0 aliphatic carbocycles. The van der Waals surface area contributed by atoms with E-state index in [9.17, 15) is 19.2 Å². The molecule has 1 saturated heterocycles. The molecule has 3 aromatic rings. The van der Waals surface area contributed by atoms with Crippen LogP contribution in [0.2, 0.25) is 0 Å². The van der Waals surface area contributed by atoms with Crippen LogP contribution in [0.1, 0.15) is 32.8 Å². The molecule has 214 valence electrons. The minimum absolute atomic E-state index is 0.100. The fourth-order valence-corrected chi connectivity index (χ4v) is 4.74. The SMILES string of the molecule is COc1ccc2cc1OCC(=O)NCc1ccc(cc1)O[C@@H]1CCN(C(=O)c3cc(=O)c(OC)c[nH]3)C[C@@H]1NC2=O. The van der Waals surface area contributed by atoms with E-state index in [1.807, 2.05) is 12.1 Å². The fourth-order valence-electron chi connectivity index (χ4n) is 4.74. The molecule has 6 rings (SSSR count). The molecule has 4 bridgehead atoms. The van der Waals surface area contributed by atoms with Gasteiger partial charge in [0.2, 0.25) is 5.43 Å². The zero-order chi connectivity index (χ0) is 28.9. The van der Waals surface area contributed by atoms with E-state index in [2.05, 4.69) is 15.6 Å². The maximum atomic E-state index is 13.4. The lowest BCUT2D eigenvalue weighted by atomic mass is 10.0. The number of carbonyl (C=O) groups excluding carboxylic acids is 3. The zero-order valence-electron chi connectivity index (χ0n) is 22.6. The number of carbonyl (C=O) groups is 3. The highest BCUT2D eigenvalue weighted by molar-refractivity contribution is 5.95. The molecule has 1 fully saturated rings. The quantitative estimate of drug-likeness (QED) is 0.435. The third kappa shape index (κ3) is 6.26. The molecule has 0 radical (unpaired) electrons. The molecule has 3 N–H and O–H groups in total. The molecule has 41 heavy (non-hydrogen) atoms. The van der Waals surface area contributed by atoms with Gasteiger partial charge in [0.05, 0.1) is 20.3 Å². The summed E-state index contributed by atoms with van der Waals surface area (Å²) in [4.78, 5) is 55.7. The Balaban J connectivity index is 1.44. The van der Waals surface area contributed by atoms with Crippen molar-refractivity contribution in [2.24, 2.45) is 0 Å². The van der Waals surface area contributed by atoms with E-state index >= 15 is 0 Å². The number of likely N-dealkylation sites (tertiary alicyclic amines) is 1. The van der Waals surface area contributed by atoms with Crippen LogP contribution >= 0.6 is 0 Å². The van der Waals surface area contributed by atoms with E-state index in [0.29, 0.717) is 31.0 Å². The predicted octanol–water partition coefficient (Wildman–Crippen LogP) is 1.49. The Morgan fingerprint density at radius 3 is 2.51 bits per heavy atom. The van der Waals surface area contributed by atoms with E-state index in [1.165, 1.54) is 32.5 Å². The first kappa shape index (κ1) is 27.6. The van der Waals surface area contributed by atoms with Crippen molar-refractivity contribution < 1.29 is 33.3 Å². The Labute approximate surface area is 235 Å². The third-order valence-corrected chi connectivity index (χ3v) is 6.97. The van der Waals surface area contributed by atoms with Crippen molar-refractivity contribution >= 4 is 17.7 Å². The smallest absolute Gasteiger partial charge is 0.270 e. The number of methoxy groups -OCH3 is 2. The normalized spacial score (nSPS) is 19.0. The lowest BCUT2D eigenvalue weighted by Crippen LogP contribution is -2.58. The van der Waals surface area contributed by atoms with Crippen LogP contribution in [-0.2, 0) is 11.3 Å². The largest absolute Gasteiger partial charge is 0.493 e. The Kier molecular flexibility index (Phi) is 8.09. The number of hydrogen-bond donors (Lipinski definition) is 3. The summed E-state index contributed by atoms with van der Waals surface area (Å²) in [7, 11) is 2.84. The number of ether oxygens (including phenoxy) is 4. The fraction of sp³-hybridized carbons (Fsp3) is 0.310. The molecular formula is C29H30N4O8. The average Bonchev–Trinajstić information content (AvgIpc) is 2.99. The van der Waals surface area contributed by atoms with Crippen molar-refractivity contribution in [2.45, 2.75) is 25.1 Å². The molecule has 0 saturated carbocycles. The number of nitrogens with zero attached hydrogens (tertiary/aromatic N) is 1. The van der Waals surface area contributed by atoms with Gasteiger partial charge in [-0.15, -0.1) is 0 Å².